The average molecular weight is 214 g/mol. The van der Waals surface area contributed by atoms with Gasteiger partial charge in [0.2, 0.25) is 0 Å². The van der Waals surface area contributed by atoms with Gasteiger partial charge in [-0.05, 0) is 19.8 Å². The standard InChI is InChI=1S/C10H18N2O3/c1-10(8-11,12-6-7-15-2)5-3-4-9(13)14/h12H,3-7H2,1-2H3,(H,13,14). The summed E-state index contributed by atoms with van der Waals surface area (Å²) in [6.07, 6.45) is 1.13. The number of carboxylic acids is 1. The van der Waals surface area contributed by atoms with Crippen molar-refractivity contribution in [3.05, 3.63) is 0 Å². The van der Waals surface area contributed by atoms with Gasteiger partial charge in [-0.1, -0.05) is 0 Å². The van der Waals surface area contributed by atoms with E-state index >= 15 is 0 Å². The molecule has 1 atom stereocenters. The van der Waals surface area contributed by atoms with Gasteiger partial charge in [0.1, 0.15) is 5.54 Å². The molecule has 0 saturated heterocycles. The van der Waals surface area contributed by atoms with E-state index in [9.17, 15) is 4.79 Å². The second kappa shape index (κ2) is 7.21. The Labute approximate surface area is 90.0 Å². The second-order valence-corrected chi connectivity index (χ2v) is 3.61. The van der Waals surface area contributed by atoms with Crippen molar-refractivity contribution in [2.75, 3.05) is 20.3 Å². The molecule has 0 amide bonds. The number of hydrogen-bond acceptors (Lipinski definition) is 4. The van der Waals surface area contributed by atoms with E-state index in [1.165, 1.54) is 0 Å². The molecule has 0 aromatic carbocycles. The van der Waals surface area contributed by atoms with E-state index < -0.39 is 11.5 Å². The smallest absolute Gasteiger partial charge is 0.303 e. The highest BCUT2D eigenvalue weighted by atomic mass is 16.5. The maximum atomic E-state index is 10.3. The molecule has 0 radical (unpaired) electrons. The van der Waals surface area contributed by atoms with Crippen molar-refractivity contribution in [2.24, 2.45) is 0 Å². The van der Waals surface area contributed by atoms with Crippen LogP contribution in [0.2, 0.25) is 0 Å². The zero-order chi connectivity index (χ0) is 11.7. The van der Waals surface area contributed by atoms with E-state index in [4.69, 9.17) is 15.1 Å². The zero-order valence-electron chi connectivity index (χ0n) is 9.25. The Morgan fingerprint density at radius 1 is 1.67 bits per heavy atom. The van der Waals surface area contributed by atoms with Crippen LogP contribution in [0.4, 0.5) is 0 Å². The predicted octanol–water partition coefficient (Wildman–Crippen LogP) is 0.760. The van der Waals surface area contributed by atoms with Crippen molar-refractivity contribution >= 4 is 5.97 Å². The molecule has 86 valence electrons. The van der Waals surface area contributed by atoms with Crippen molar-refractivity contribution < 1.29 is 14.6 Å². The van der Waals surface area contributed by atoms with Crippen molar-refractivity contribution in [2.45, 2.75) is 31.7 Å². The number of methoxy groups -OCH3 is 1. The first kappa shape index (κ1) is 13.9. The lowest BCUT2D eigenvalue weighted by Gasteiger charge is -2.22. The fourth-order valence-corrected chi connectivity index (χ4v) is 1.21. The highest BCUT2D eigenvalue weighted by Crippen LogP contribution is 2.12. The number of hydrogen-bond donors (Lipinski definition) is 2. The number of ether oxygens (including phenoxy) is 1. The Morgan fingerprint density at radius 3 is 2.80 bits per heavy atom. The molecule has 1 unspecified atom stereocenters. The average Bonchev–Trinajstić information content (AvgIpc) is 2.18. The van der Waals surface area contributed by atoms with Crippen LogP contribution in [-0.4, -0.2) is 36.9 Å². The molecule has 0 aliphatic rings. The monoisotopic (exact) mass is 214 g/mol. The third-order valence-electron chi connectivity index (χ3n) is 2.14. The third-order valence-corrected chi connectivity index (χ3v) is 2.14. The second-order valence-electron chi connectivity index (χ2n) is 3.61. The van der Waals surface area contributed by atoms with Crippen molar-refractivity contribution in [1.29, 1.82) is 5.26 Å². The predicted molar refractivity (Wildman–Crippen MR) is 55.4 cm³/mol. The summed E-state index contributed by atoms with van der Waals surface area (Å²) in [4.78, 5) is 10.3. The van der Waals surface area contributed by atoms with Gasteiger partial charge in [0, 0.05) is 20.1 Å². The van der Waals surface area contributed by atoms with E-state index in [-0.39, 0.29) is 6.42 Å². The van der Waals surface area contributed by atoms with Crippen LogP contribution in [0.3, 0.4) is 0 Å². The Hall–Kier alpha value is -1.12. The topological polar surface area (TPSA) is 82.3 Å². The van der Waals surface area contributed by atoms with Crippen LogP contribution >= 0.6 is 0 Å². The quantitative estimate of drug-likeness (QED) is 0.583. The van der Waals surface area contributed by atoms with Gasteiger partial charge in [-0.3, -0.25) is 10.1 Å². The van der Waals surface area contributed by atoms with Crippen LogP contribution in [-0.2, 0) is 9.53 Å². The number of nitrogens with one attached hydrogen (secondary N) is 1. The molecular formula is C10H18N2O3. The van der Waals surface area contributed by atoms with E-state index in [1.54, 1.807) is 14.0 Å². The Kier molecular flexibility index (Phi) is 6.67. The van der Waals surface area contributed by atoms with Gasteiger partial charge in [0.25, 0.3) is 0 Å². The van der Waals surface area contributed by atoms with Gasteiger partial charge in [0.15, 0.2) is 0 Å². The lowest BCUT2D eigenvalue weighted by atomic mass is 9.96. The maximum absolute atomic E-state index is 10.3. The molecule has 0 rings (SSSR count). The summed E-state index contributed by atoms with van der Waals surface area (Å²) in [6.45, 7) is 2.90. The summed E-state index contributed by atoms with van der Waals surface area (Å²) >= 11 is 0. The number of aliphatic carboxylic acids is 1. The molecule has 0 heterocycles. The van der Waals surface area contributed by atoms with Gasteiger partial charge < -0.3 is 9.84 Å². The summed E-state index contributed by atoms with van der Waals surface area (Å²) in [7, 11) is 1.59. The van der Waals surface area contributed by atoms with Crippen LogP contribution in [0.25, 0.3) is 0 Å². The molecule has 0 bridgehead atoms. The number of nitriles is 1. The number of carboxylic acid groups (broad SMARTS) is 1. The summed E-state index contributed by atoms with van der Waals surface area (Å²) in [5, 5.41) is 20.5. The molecule has 0 aliphatic heterocycles. The minimum absolute atomic E-state index is 0.100. The Morgan fingerprint density at radius 2 is 2.33 bits per heavy atom. The molecule has 0 saturated carbocycles. The fourth-order valence-electron chi connectivity index (χ4n) is 1.21. The van der Waals surface area contributed by atoms with Gasteiger partial charge in [-0.2, -0.15) is 5.26 Å². The molecule has 2 N–H and O–H groups in total. The van der Waals surface area contributed by atoms with Crippen LogP contribution in [0.1, 0.15) is 26.2 Å². The minimum atomic E-state index is -0.827. The number of nitrogens with zero attached hydrogens (tertiary/aromatic N) is 1. The summed E-state index contributed by atoms with van der Waals surface area (Å²) in [5.74, 6) is -0.827. The van der Waals surface area contributed by atoms with E-state index in [2.05, 4.69) is 11.4 Å². The lowest BCUT2D eigenvalue weighted by Crippen LogP contribution is -2.42. The molecule has 0 aliphatic carbocycles. The molecule has 0 spiro atoms. The molecule has 0 aromatic heterocycles. The van der Waals surface area contributed by atoms with Crippen molar-refractivity contribution in [1.82, 2.24) is 5.32 Å². The number of rotatable bonds is 8. The first-order valence-electron chi connectivity index (χ1n) is 4.91. The fraction of sp³-hybridized carbons (Fsp3) is 0.800. The largest absolute Gasteiger partial charge is 0.481 e. The van der Waals surface area contributed by atoms with Crippen LogP contribution in [0.5, 0.6) is 0 Å². The van der Waals surface area contributed by atoms with Crippen LogP contribution < -0.4 is 5.32 Å². The normalized spacial score (nSPS) is 14.2. The van der Waals surface area contributed by atoms with Crippen LogP contribution in [0, 0.1) is 11.3 Å². The van der Waals surface area contributed by atoms with Crippen molar-refractivity contribution in [3.63, 3.8) is 0 Å². The highest BCUT2D eigenvalue weighted by Gasteiger charge is 2.22. The van der Waals surface area contributed by atoms with E-state index in [0.29, 0.717) is 26.0 Å². The van der Waals surface area contributed by atoms with Crippen LogP contribution in [0.15, 0.2) is 0 Å². The molecule has 0 aromatic rings. The first-order valence-corrected chi connectivity index (χ1v) is 4.91. The van der Waals surface area contributed by atoms with Gasteiger partial charge in [0.05, 0.1) is 12.7 Å². The van der Waals surface area contributed by atoms with Crippen molar-refractivity contribution in [3.8, 4) is 6.07 Å². The summed E-state index contributed by atoms with van der Waals surface area (Å²) in [5.41, 5.74) is -0.659. The Bertz CT molecular complexity index is 237. The molecular weight excluding hydrogens is 196 g/mol. The molecule has 5 nitrogen and oxygen atoms in total. The molecule has 5 heteroatoms. The lowest BCUT2D eigenvalue weighted by molar-refractivity contribution is -0.137. The van der Waals surface area contributed by atoms with Gasteiger partial charge in [-0.15, -0.1) is 0 Å². The third kappa shape index (κ3) is 6.89. The molecule has 0 fully saturated rings. The maximum Gasteiger partial charge on any atom is 0.303 e. The zero-order valence-corrected chi connectivity index (χ0v) is 9.25. The SMILES string of the molecule is COCCNC(C)(C#N)CCCC(=O)O. The minimum Gasteiger partial charge on any atom is -0.481 e. The van der Waals surface area contributed by atoms with E-state index in [1.807, 2.05) is 0 Å². The molecule has 15 heavy (non-hydrogen) atoms. The first-order chi connectivity index (χ1) is 7.04. The van der Waals surface area contributed by atoms with E-state index in [0.717, 1.165) is 0 Å². The summed E-state index contributed by atoms with van der Waals surface area (Å²) < 4.78 is 4.86. The van der Waals surface area contributed by atoms with Gasteiger partial charge in [-0.25, -0.2) is 0 Å². The summed E-state index contributed by atoms with van der Waals surface area (Å²) in [6, 6.07) is 2.15. The Balaban J connectivity index is 3.86. The van der Waals surface area contributed by atoms with Gasteiger partial charge >= 0.3 is 5.97 Å². The highest BCUT2D eigenvalue weighted by molar-refractivity contribution is 5.66. The number of carbonyl (C=O) groups is 1.